The number of benzene rings is 3. The first kappa shape index (κ1) is 31.8. The van der Waals surface area contributed by atoms with Gasteiger partial charge in [-0.05, 0) is 42.5 Å². The van der Waals surface area contributed by atoms with E-state index in [0.29, 0.717) is 12.1 Å². The standard InChI is InChI=1S/C32H40FN3O4S/c1-6-24(4)34-32(38)30(20-25-14-8-7-9-15-25)35(21-26-16-10-12-18-28(26)33)31(37)22-36(41(5,39)40)29-19-13-11-17-27(29)23(2)3/h7-19,23-24,30H,6,20-22H2,1-5H3,(H,34,38)/t24-,30+/m1/s1. The van der Waals surface area contributed by atoms with E-state index in [1.54, 1.807) is 30.3 Å². The van der Waals surface area contributed by atoms with Gasteiger partial charge in [-0.1, -0.05) is 87.5 Å². The molecule has 0 aliphatic heterocycles. The molecule has 1 N–H and O–H groups in total. The second kappa shape index (κ2) is 14.3. The highest BCUT2D eigenvalue weighted by atomic mass is 32.2. The molecule has 0 aliphatic carbocycles. The molecule has 0 spiro atoms. The molecule has 0 fully saturated rings. The number of carbonyl (C=O) groups is 2. The number of carbonyl (C=O) groups excluding carboxylic acids is 2. The number of halogens is 1. The topological polar surface area (TPSA) is 86.8 Å². The van der Waals surface area contributed by atoms with E-state index < -0.39 is 34.3 Å². The summed E-state index contributed by atoms with van der Waals surface area (Å²) in [5, 5.41) is 2.97. The Labute approximate surface area is 243 Å². The minimum absolute atomic E-state index is 0.00721. The lowest BCUT2D eigenvalue weighted by molar-refractivity contribution is -0.140. The minimum atomic E-state index is -3.90. The van der Waals surface area contributed by atoms with E-state index in [2.05, 4.69) is 5.32 Å². The number of sulfonamides is 1. The molecular formula is C32H40FN3O4S. The van der Waals surface area contributed by atoms with Crippen molar-refractivity contribution >= 4 is 27.5 Å². The normalized spacial score (nSPS) is 13.0. The number of hydrogen-bond donors (Lipinski definition) is 1. The van der Waals surface area contributed by atoms with Crippen LogP contribution in [-0.4, -0.2) is 50.0 Å². The smallest absolute Gasteiger partial charge is 0.244 e. The first-order valence-electron chi connectivity index (χ1n) is 13.9. The summed E-state index contributed by atoms with van der Waals surface area (Å²) in [5.74, 6) is -1.53. The molecule has 41 heavy (non-hydrogen) atoms. The first-order chi connectivity index (χ1) is 19.4. The Bertz CT molecular complexity index is 1430. The van der Waals surface area contributed by atoms with E-state index in [0.717, 1.165) is 21.7 Å². The SMILES string of the molecule is CC[C@@H](C)NC(=O)[C@H](Cc1ccccc1)N(Cc1ccccc1F)C(=O)CN(c1ccccc1C(C)C)S(C)(=O)=O. The zero-order valence-corrected chi connectivity index (χ0v) is 25.2. The summed E-state index contributed by atoms with van der Waals surface area (Å²) in [6.45, 7) is 6.95. The maximum atomic E-state index is 14.9. The molecule has 0 bridgehead atoms. The van der Waals surface area contributed by atoms with Gasteiger partial charge in [-0.2, -0.15) is 0 Å². The summed E-state index contributed by atoms with van der Waals surface area (Å²) in [4.78, 5) is 29.2. The molecule has 0 unspecified atom stereocenters. The molecule has 0 aliphatic rings. The summed E-state index contributed by atoms with van der Waals surface area (Å²) in [6.07, 6.45) is 1.90. The van der Waals surface area contributed by atoms with Crippen molar-refractivity contribution in [2.24, 2.45) is 0 Å². The molecule has 3 aromatic rings. The molecule has 9 heteroatoms. The third kappa shape index (κ3) is 8.63. The third-order valence-electron chi connectivity index (χ3n) is 7.08. The van der Waals surface area contributed by atoms with Crippen LogP contribution < -0.4 is 9.62 Å². The summed E-state index contributed by atoms with van der Waals surface area (Å²) in [5.41, 5.74) is 2.20. The second-order valence-electron chi connectivity index (χ2n) is 10.6. The number of amides is 2. The van der Waals surface area contributed by atoms with E-state index in [9.17, 15) is 22.4 Å². The first-order valence-corrected chi connectivity index (χ1v) is 15.7. The van der Waals surface area contributed by atoms with Crippen LogP contribution in [0.1, 0.15) is 56.7 Å². The van der Waals surface area contributed by atoms with E-state index in [4.69, 9.17) is 0 Å². The van der Waals surface area contributed by atoms with Crippen molar-refractivity contribution in [1.82, 2.24) is 10.2 Å². The second-order valence-corrected chi connectivity index (χ2v) is 12.5. The Balaban J connectivity index is 2.11. The van der Waals surface area contributed by atoms with E-state index >= 15 is 0 Å². The van der Waals surface area contributed by atoms with Crippen LogP contribution in [0.4, 0.5) is 10.1 Å². The van der Waals surface area contributed by atoms with Crippen molar-refractivity contribution in [3.63, 3.8) is 0 Å². The molecule has 2 amide bonds. The molecule has 0 saturated carbocycles. The summed E-state index contributed by atoms with van der Waals surface area (Å²) >= 11 is 0. The molecule has 3 aromatic carbocycles. The van der Waals surface area contributed by atoms with Gasteiger partial charge in [0.15, 0.2) is 0 Å². The highest BCUT2D eigenvalue weighted by molar-refractivity contribution is 7.92. The molecule has 7 nitrogen and oxygen atoms in total. The Hall–Kier alpha value is -3.72. The predicted molar refractivity (Wildman–Crippen MR) is 162 cm³/mol. The quantitative estimate of drug-likeness (QED) is 0.298. The van der Waals surface area contributed by atoms with Gasteiger partial charge >= 0.3 is 0 Å². The molecular weight excluding hydrogens is 541 g/mol. The molecule has 0 radical (unpaired) electrons. The number of anilines is 1. The Morgan fingerprint density at radius 1 is 0.902 bits per heavy atom. The highest BCUT2D eigenvalue weighted by Crippen LogP contribution is 2.29. The van der Waals surface area contributed by atoms with Crippen molar-refractivity contribution < 1.29 is 22.4 Å². The summed E-state index contributed by atoms with van der Waals surface area (Å²) in [6, 6.07) is 21.2. The monoisotopic (exact) mass is 581 g/mol. The van der Waals surface area contributed by atoms with Crippen LogP contribution in [0.2, 0.25) is 0 Å². The number of rotatable bonds is 13. The molecule has 0 heterocycles. The largest absolute Gasteiger partial charge is 0.352 e. The summed E-state index contributed by atoms with van der Waals surface area (Å²) in [7, 11) is -3.90. The Kier molecular flexibility index (Phi) is 11.1. The fraction of sp³-hybridized carbons (Fsp3) is 0.375. The van der Waals surface area contributed by atoms with Gasteiger partial charge in [-0.25, -0.2) is 12.8 Å². The van der Waals surface area contributed by atoms with E-state index in [-0.39, 0.29) is 36.4 Å². The van der Waals surface area contributed by atoms with Crippen LogP contribution >= 0.6 is 0 Å². The van der Waals surface area contributed by atoms with Crippen LogP contribution in [0.15, 0.2) is 78.9 Å². The fourth-order valence-corrected chi connectivity index (χ4v) is 5.47. The van der Waals surface area contributed by atoms with Gasteiger partial charge < -0.3 is 10.2 Å². The molecule has 0 saturated heterocycles. The van der Waals surface area contributed by atoms with E-state index in [1.807, 2.05) is 70.2 Å². The Morgan fingerprint density at radius 2 is 1.51 bits per heavy atom. The van der Waals surface area contributed by atoms with Gasteiger partial charge in [-0.15, -0.1) is 0 Å². The van der Waals surface area contributed by atoms with Crippen LogP contribution in [0.5, 0.6) is 0 Å². The number of para-hydroxylation sites is 1. The van der Waals surface area contributed by atoms with Gasteiger partial charge in [0.1, 0.15) is 18.4 Å². The number of nitrogens with zero attached hydrogens (tertiary/aromatic N) is 2. The summed E-state index contributed by atoms with van der Waals surface area (Å²) < 4.78 is 42.1. The van der Waals surface area contributed by atoms with Crippen molar-refractivity contribution in [2.45, 2.75) is 65.1 Å². The Morgan fingerprint density at radius 3 is 2.12 bits per heavy atom. The third-order valence-corrected chi connectivity index (χ3v) is 8.20. The molecule has 220 valence electrons. The van der Waals surface area contributed by atoms with Gasteiger partial charge in [0.05, 0.1) is 11.9 Å². The van der Waals surface area contributed by atoms with Gasteiger partial charge in [-0.3, -0.25) is 13.9 Å². The van der Waals surface area contributed by atoms with Crippen LogP contribution in [0.25, 0.3) is 0 Å². The van der Waals surface area contributed by atoms with Crippen LogP contribution in [0.3, 0.4) is 0 Å². The zero-order valence-electron chi connectivity index (χ0n) is 24.4. The molecule has 2 atom stereocenters. The van der Waals surface area contributed by atoms with Gasteiger partial charge in [0.2, 0.25) is 21.8 Å². The van der Waals surface area contributed by atoms with Crippen molar-refractivity contribution in [1.29, 1.82) is 0 Å². The van der Waals surface area contributed by atoms with Gasteiger partial charge in [0.25, 0.3) is 0 Å². The van der Waals surface area contributed by atoms with E-state index in [1.165, 1.54) is 11.0 Å². The number of hydrogen-bond acceptors (Lipinski definition) is 4. The fourth-order valence-electron chi connectivity index (χ4n) is 4.60. The minimum Gasteiger partial charge on any atom is -0.352 e. The highest BCUT2D eigenvalue weighted by Gasteiger charge is 2.34. The van der Waals surface area contributed by atoms with Gasteiger partial charge in [0, 0.05) is 24.6 Å². The zero-order chi connectivity index (χ0) is 30.2. The molecule has 3 rings (SSSR count). The maximum absolute atomic E-state index is 14.9. The average molecular weight is 582 g/mol. The lowest BCUT2D eigenvalue weighted by Crippen LogP contribution is -2.54. The average Bonchev–Trinajstić information content (AvgIpc) is 2.94. The lowest BCUT2D eigenvalue weighted by atomic mass is 10.0. The number of nitrogens with one attached hydrogen (secondary N) is 1. The van der Waals surface area contributed by atoms with Crippen molar-refractivity contribution in [3.8, 4) is 0 Å². The van der Waals surface area contributed by atoms with Crippen LogP contribution in [-0.2, 0) is 32.6 Å². The lowest BCUT2D eigenvalue weighted by Gasteiger charge is -2.34. The van der Waals surface area contributed by atoms with Crippen molar-refractivity contribution in [2.75, 3.05) is 17.1 Å². The van der Waals surface area contributed by atoms with Crippen molar-refractivity contribution in [3.05, 3.63) is 101 Å². The predicted octanol–water partition coefficient (Wildman–Crippen LogP) is 5.27. The maximum Gasteiger partial charge on any atom is 0.244 e. The van der Waals surface area contributed by atoms with Crippen LogP contribution in [0, 0.1) is 5.82 Å². The molecule has 0 aromatic heterocycles.